The Balaban J connectivity index is 3.07. The molecule has 94 valence electrons. The zero-order valence-corrected chi connectivity index (χ0v) is 11.8. The fourth-order valence-corrected chi connectivity index (χ4v) is 1.92. The van der Waals surface area contributed by atoms with Gasteiger partial charge in [0.15, 0.2) is 0 Å². The summed E-state index contributed by atoms with van der Waals surface area (Å²) in [5.41, 5.74) is 5.25. The van der Waals surface area contributed by atoms with Crippen molar-refractivity contribution < 1.29 is 4.79 Å². The number of nitrogens with one attached hydrogen (secondary N) is 1. The Morgan fingerprint density at radius 2 is 1.65 bits per heavy atom. The van der Waals surface area contributed by atoms with Crippen molar-refractivity contribution in [1.82, 2.24) is 5.32 Å². The second-order valence-electron chi connectivity index (χ2n) is 5.75. The maximum atomic E-state index is 11.0. The molecule has 0 bridgehead atoms. The summed E-state index contributed by atoms with van der Waals surface area (Å²) in [5, 5.41) is 2.86. The first-order chi connectivity index (χ1) is 7.71. The average Bonchev–Trinajstić information content (AvgIpc) is 2.14. The molecule has 0 atom stereocenters. The molecule has 0 spiro atoms. The molecule has 2 heteroatoms. The molecule has 1 rings (SSSR count). The Morgan fingerprint density at radius 3 is 2.00 bits per heavy atom. The van der Waals surface area contributed by atoms with Gasteiger partial charge in [-0.25, -0.2) is 0 Å². The highest BCUT2D eigenvalue weighted by molar-refractivity contribution is 5.72. The Bertz CT molecular complexity index is 404. The van der Waals surface area contributed by atoms with Crippen LogP contribution in [-0.4, -0.2) is 5.91 Å². The van der Waals surface area contributed by atoms with Crippen molar-refractivity contribution in [1.29, 1.82) is 0 Å². The van der Waals surface area contributed by atoms with Crippen LogP contribution in [0.5, 0.6) is 0 Å². The lowest BCUT2D eigenvalue weighted by atomic mass is 9.84. The predicted octanol–water partition coefficient (Wildman–Crippen LogP) is 3.24. The molecule has 17 heavy (non-hydrogen) atoms. The Kier molecular flexibility index (Phi) is 3.97. The number of rotatable bonds is 2. The van der Waals surface area contributed by atoms with E-state index < -0.39 is 0 Å². The Labute approximate surface area is 104 Å². The number of hydrogen-bond acceptors (Lipinski definition) is 1. The zero-order valence-electron chi connectivity index (χ0n) is 11.8. The van der Waals surface area contributed by atoms with Crippen LogP contribution < -0.4 is 5.32 Å². The van der Waals surface area contributed by atoms with Crippen molar-refractivity contribution >= 4 is 5.91 Å². The maximum absolute atomic E-state index is 11.0. The summed E-state index contributed by atoms with van der Waals surface area (Å²) in [6.07, 6.45) is 0. The third-order valence-electron chi connectivity index (χ3n) is 3.08. The number of hydrogen-bond donors (Lipinski definition) is 1. The molecule has 0 fully saturated rings. The van der Waals surface area contributed by atoms with Gasteiger partial charge in [0, 0.05) is 13.5 Å². The minimum atomic E-state index is 0.0173. The van der Waals surface area contributed by atoms with Crippen LogP contribution in [0, 0.1) is 13.8 Å². The van der Waals surface area contributed by atoms with E-state index in [4.69, 9.17) is 0 Å². The first-order valence-electron chi connectivity index (χ1n) is 6.07. The lowest BCUT2D eigenvalue weighted by Gasteiger charge is -2.22. The third-order valence-corrected chi connectivity index (χ3v) is 3.08. The van der Waals surface area contributed by atoms with Crippen molar-refractivity contribution in [3.05, 3.63) is 34.4 Å². The zero-order chi connectivity index (χ0) is 13.2. The fraction of sp³-hybridized carbons (Fsp3) is 0.533. The van der Waals surface area contributed by atoms with Gasteiger partial charge in [-0.2, -0.15) is 0 Å². The summed E-state index contributed by atoms with van der Waals surface area (Å²) in [6, 6.07) is 4.45. The normalized spacial score (nSPS) is 11.4. The van der Waals surface area contributed by atoms with E-state index in [2.05, 4.69) is 52.1 Å². The van der Waals surface area contributed by atoms with Gasteiger partial charge in [-0.3, -0.25) is 4.79 Å². The van der Waals surface area contributed by atoms with E-state index in [-0.39, 0.29) is 11.3 Å². The maximum Gasteiger partial charge on any atom is 0.217 e. The number of carbonyl (C=O) groups excluding carboxylic acids is 1. The molecule has 0 saturated carbocycles. The van der Waals surface area contributed by atoms with Crippen LogP contribution in [0.3, 0.4) is 0 Å². The van der Waals surface area contributed by atoms with Crippen molar-refractivity contribution in [2.75, 3.05) is 0 Å². The van der Waals surface area contributed by atoms with Gasteiger partial charge in [0.25, 0.3) is 0 Å². The topological polar surface area (TPSA) is 29.1 Å². The molecule has 1 N–H and O–H groups in total. The van der Waals surface area contributed by atoms with Crippen LogP contribution in [0.2, 0.25) is 0 Å². The lowest BCUT2D eigenvalue weighted by molar-refractivity contribution is -0.119. The van der Waals surface area contributed by atoms with Gasteiger partial charge in [-0.15, -0.1) is 0 Å². The van der Waals surface area contributed by atoms with Crippen LogP contribution in [0.15, 0.2) is 12.1 Å². The van der Waals surface area contributed by atoms with E-state index in [1.807, 2.05) is 0 Å². The number of benzene rings is 1. The Morgan fingerprint density at radius 1 is 1.18 bits per heavy atom. The van der Waals surface area contributed by atoms with E-state index >= 15 is 0 Å². The molecule has 1 aromatic rings. The van der Waals surface area contributed by atoms with Crippen molar-refractivity contribution in [3.8, 4) is 0 Å². The summed E-state index contributed by atoms with van der Waals surface area (Å²) in [5.74, 6) is 0.0173. The smallest absolute Gasteiger partial charge is 0.217 e. The van der Waals surface area contributed by atoms with Gasteiger partial charge in [-0.05, 0) is 41.5 Å². The molecule has 1 aromatic carbocycles. The molecule has 0 aliphatic carbocycles. The summed E-state index contributed by atoms with van der Waals surface area (Å²) in [6.45, 7) is 13.0. The quantitative estimate of drug-likeness (QED) is 0.834. The summed E-state index contributed by atoms with van der Waals surface area (Å²) in [4.78, 5) is 11.0. The van der Waals surface area contributed by atoms with E-state index in [0.29, 0.717) is 6.54 Å². The van der Waals surface area contributed by atoms with E-state index in [1.54, 1.807) is 6.92 Å². The lowest BCUT2D eigenvalue weighted by Crippen LogP contribution is -2.21. The minimum absolute atomic E-state index is 0.0173. The molecule has 0 aromatic heterocycles. The third kappa shape index (κ3) is 3.58. The molecule has 1 amide bonds. The molecular formula is C15H23NO. The van der Waals surface area contributed by atoms with Crippen LogP contribution in [0.25, 0.3) is 0 Å². The second kappa shape index (κ2) is 4.91. The van der Waals surface area contributed by atoms with Crippen LogP contribution in [0.4, 0.5) is 0 Å². The second-order valence-corrected chi connectivity index (χ2v) is 5.75. The van der Waals surface area contributed by atoms with Crippen molar-refractivity contribution in [3.63, 3.8) is 0 Å². The summed E-state index contributed by atoms with van der Waals surface area (Å²) in [7, 11) is 0. The van der Waals surface area contributed by atoms with Crippen molar-refractivity contribution in [2.24, 2.45) is 0 Å². The van der Waals surface area contributed by atoms with Gasteiger partial charge >= 0.3 is 0 Å². The highest BCUT2D eigenvalue weighted by Crippen LogP contribution is 2.26. The standard InChI is InChI=1S/C15H23NO/c1-10-7-13(15(4,5)6)8-11(2)14(10)9-16-12(3)17/h7-8H,9H2,1-6H3,(H,16,17). The first kappa shape index (κ1) is 13.8. The molecule has 0 aliphatic rings. The van der Waals surface area contributed by atoms with Crippen LogP contribution in [-0.2, 0) is 16.8 Å². The van der Waals surface area contributed by atoms with Gasteiger partial charge in [0.2, 0.25) is 5.91 Å². The number of aryl methyl sites for hydroxylation is 2. The molecule has 0 aliphatic heterocycles. The summed E-state index contributed by atoms with van der Waals surface area (Å²) >= 11 is 0. The van der Waals surface area contributed by atoms with Gasteiger partial charge in [-0.1, -0.05) is 32.9 Å². The molecule has 0 unspecified atom stereocenters. The van der Waals surface area contributed by atoms with E-state index in [9.17, 15) is 4.79 Å². The monoisotopic (exact) mass is 233 g/mol. The van der Waals surface area contributed by atoms with Gasteiger partial charge < -0.3 is 5.32 Å². The fourth-order valence-electron chi connectivity index (χ4n) is 1.92. The average molecular weight is 233 g/mol. The highest BCUT2D eigenvalue weighted by Gasteiger charge is 2.16. The van der Waals surface area contributed by atoms with Gasteiger partial charge in [0.05, 0.1) is 0 Å². The number of amides is 1. The van der Waals surface area contributed by atoms with E-state index in [0.717, 1.165) is 0 Å². The first-order valence-corrected chi connectivity index (χ1v) is 6.07. The minimum Gasteiger partial charge on any atom is -0.352 e. The van der Waals surface area contributed by atoms with Gasteiger partial charge in [0.1, 0.15) is 0 Å². The molecular weight excluding hydrogens is 210 g/mol. The van der Waals surface area contributed by atoms with E-state index in [1.165, 1.54) is 22.3 Å². The molecule has 0 radical (unpaired) electrons. The van der Waals surface area contributed by atoms with Crippen LogP contribution in [0.1, 0.15) is 49.9 Å². The largest absolute Gasteiger partial charge is 0.352 e. The molecule has 2 nitrogen and oxygen atoms in total. The van der Waals surface area contributed by atoms with Crippen molar-refractivity contribution in [2.45, 2.75) is 53.5 Å². The highest BCUT2D eigenvalue weighted by atomic mass is 16.1. The summed E-state index contributed by atoms with van der Waals surface area (Å²) < 4.78 is 0. The SMILES string of the molecule is CC(=O)NCc1c(C)cc(C(C)(C)C)cc1C. The molecule has 0 heterocycles. The predicted molar refractivity (Wildman–Crippen MR) is 72.1 cm³/mol. The number of carbonyl (C=O) groups is 1. The Hall–Kier alpha value is -1.31. The van der Waals surface area contributed by atoms with Crippen LogP contribution >= 0.6 is 0 Å². The molecule has 0 saturated heterocycles.